The Labute approximate surface area is 154 Å². The SMILES string of the molecule is CCc1ccc(COc2ccccc2/C=C/c2nc(C)nc(C)n2)cc1. The van der Waals surface area contributed by atoms with Crippen LogP contribution >= 0.6 is 0 Å². The lowest BCUT2D eigenvalue weighted by molar-refractivity contribution is 0.305. The highest BCUT2D eigenvalue weighted by atomic mass is 16.5. The van der Waals surface area contributed by atoms with E-state index in [1.165, 1.54) is 5.56 Å². The van der Waals surface area contributed by atoms with Crippen LogP contribution in [-0.2, 0) is 13.0 Å². The normalized spacial score (nSPS) is 11.0. The van der Waals surface area contributed by atoms with Crippen LogP contribution in [0.1, 0.15) is 41.1 Å². The zero-order valence-corrected chi connectivity index (χ0v) is 15.4. The van der Waals surface area contributed by atoms with Gasteiger partial charge in [-0.2, -0.15) is 0 Å². The molecular weight excluding hydrogens is 322 g/mol. The molecule has 132 valence electrons. The van der Waals surface area contributed by atoms with Crippen molar-refractivity contribution in [3.05, 3.63) is 82.7 Å². The van der Waals surface area contributed by atoms with Gasteiger partial charge in [0.2, 0.25) is 0 Å². The third kappa shape index (κ3) is 4.76. The van der Waals surface area contributed by atoms with Crippen molar-refractivity contribution in [1.29, 1.82) is 0 Å². The van der Waals surface area contributed by atoms with Crippen molar-refractivity contribution in [2.75, 3.05) is 0 Å². The van der Waals surface area contributed by atoms with Crippen LogP contribution in [0, 0.1) is 13.8 Å². The summed E-state index contributed by atoms with van der Waals surface area (Å²) in [6.07, 6.45) is 4.91. The fraction of sp³-hybridized carbons (Fsp3) is 0.227. The minimum atomic E-state index is 0.540. The van der Waals surface area contributed by atoms with E-state index in [0.717, 1.165) is 34.9 Å². The van der Waals surface area contributed by atoms with Crippen molar-refractivity contribution < 1.29 is 4.74 Å². The second kappa shape index (κ2) is 8.39. The van der Waals surface area contributed by atoms with Gasteiger partial charge in [0.25, 0.3) is 0 Å². The first-order valence-electron chi connectivity index (χ1n) is 8.81. The molecule has 4 nitrogen and oxygen atoms in total. The lowest BCUT2D eigenvalue weighted by Crippen LogP contribution is -1.98. The summed E-state index contributed by atoms with van der Waals surface area (Å²) in [7, 11) is 0. The van der Waals surface area contributed by atoms with E-state index in [4.69, 9.17) is 4.74 Å². The molecule has 0 spiro atoms. The van der Waals surface area contributed by atoms with Gasteiger partial charge in [-0.1, -0.05) is 49.4 Å². The maximum atomic E-state index is 6.03. The predicted molar refractivity (Wildman–Crippen MR) is 105 cm³/mol. The van der Waals surface area contributed by atoms with Gasteiger partial charge in [0.15, 0.2) is 5.82 Å². The maximum Gasteiger partial charge on any atom is 0.156 e. The van der Waals surface area contributed by atoms with Gasteiger partial charge < -0.3 is 4.74 Å². The third-order valence-electron chi connectivity index (χ3n) is 4.03. The van der Waals surface area contributed by atoms with Crippen molar-refractivity contribution in [1.82, 2.24) is 15.0 Å². The van der Waals surface area contributed by atoms with Gasteiger partial charge in [0, 0.05) is 5.56 Å². The summed E-state index contributed by atoms with van der Waals surface area (Å²) < 4.78 is 6.03. The molecule has 2 aromatic carbocycles. The molecule has 1 heterocycles. The molecule has 0 radical (unpaired) electrons. The molecule has 0 bridgehead atoms. The molecule has 0 atom stereocenters. The monoisotopic (exact) mass is 345 g/mol. The first kappa shape index (κ1) is 17.8. The van der Waals surface area contributed by atoms with Crippen molar-refractivity contribution in [3.63, 3.8) is 0 Å². The Morgan fingerprint density at radius 3 is 2.15 bits per heavy atom. The summed E-state index contributed by atoms with van der Waals surface area (Å²) in [4.78, 5) is 12.9. The fourth-order valence-electron chi connectivity index (χ4n) is 2.66. The number of hydrogen-bond acceptors (Lipinski definition) is 4. The quantitative estimate of drug-likeness (QED) is 0.644. The van der Waals surface area contributed by atoms with E-state index in [2.05, 4.69) is 46.1 Å². The molecule has 4 heteroatoms. The zero-order chi connectivity index (χ0) is 18.4. The van der Waals surface area contributed by atoms with Gasteiger partial charge in [0.05, 0.1) is 0 Å². The van der Waals surface area contributed by atoms with Crippen LogP contribution in [0.25, 0.3) is 12.2 Å². The lowest BCUT2D eigenvalue weighted by Gasteiger charge is -2.09. The molecule has 0 unspecified atom stereocenters. The van der Waals surface area contributed by atoms with Gasteiger partial charge >= 0.3 is 0 Å². The van der Waals surface area contributed by atoms with Crippen LogP contribution in [0.3, 0.4) is 0 Å². The van der Waals surface area contributed by atoms with E-state index in [1.807, 2.05) is 50.3 Å². The number of hydrogen-bond donors (Lipinski definition) is 0. The molecule has 0 fully saturated rings. The topological polar surface area (TPSA) is 47.9 Å². The van der Waals surface area contributed by atoms with E-state index < -0.39 is 0 Å². The predicted octanol–water partition coefficient (Wildman–Crippen LogP) is 4.80. The minimum absolute atomic E-state index is 0.540. The number of aromatic nitrogens is 3. The number of ether oxygens (including phenoxy) is 1. The summed E-state index contributed by atoms with van der Waals surface area (Å²) in [5, 5.41) is 0. The summed E-state index contributed by atoms with van der Waals surface area (Å²) >= 11 is 0. The molecular formula is C22H23N3O. The molecule has 0 aliphatic rings. The minimum Gasteiger partial charge on any atom is -0.488 e. The Morgan fingerprint density at radius 2 is 1.46 bits per heavy atom. The Hall–Kier alpha value is -3.01. The Morgan fingerprint density at radius 1 is 0.808 bits per heavy atom. The zero-order valence-electron chi connectivity index (χ0n) is 15.4. The summed E-state index contributed by atoms with van der Waals surface area (Å²) in [6.45, 7) is 6.43. The highest BCUT2D eigenvalue weighted by Crippen LogP contribution is 2.21. The van der Waals surface area contributed by atoms with E-state index in [-0.39, 0.29) is 0 Å². The molecule has 0 saturated heterocycles. The van der Waals surface area contributed by atoms with Crippen LogP contribution in [0.15, 0.2) is 48.5 Å². The first-order valence-corrected chi connectivity index (χ1v) is 8.81. The molecule has 26 heavy (non-hydrogen) atoms. The molecule has 0 aliphatic heterocycles. The van der Waals surface area contributed by atoms with Crippen LogP contribution < -0.4 is 4.74 Å². The van der Waals surface area contributed by atoms with E-state index in [1.54, 1.807) is 0 Å². The van der Waals surface area contributed by atoms with Gasteiger partial charge in [-0.3, -0.25) is 0 Å². The molecule has 3 rings (SSSR count). The summed E-state index contributed by atoms with van der Waals surface area (Å²) in [5.41, 5.74) is 3.48. The average Bonchev–Trinajstić information content (AvgIpc) is 2.65. The van der Waals surface area contributed by atoms with Gasteiger partial charge in [-0.05, 0) is 49.6 Å². The highest BCUT2D eigenvalue weighted by Gasteiger charge is 2.02. The Kier molecular flexibility index (Phi) is 5.74. The second-order valence-corrected chi connectivity index (χ2v) is 6.12. The second-order valence-electron chi connectivity index (χ2n) is 6.12. The van der Waals surface area contributed by atoms with Crippen LogP contribution in [0.5, 0.6) is 5.75 Å². The maximum absolute atomic E-state index is 6.03. The molecule has 0 saturated carbocycles. The van der Waals surface area contributed by atoms with Crippen molar-refractivity contribution in [3.8, 4) is 5.75 Å². The molecule has 0 amide bonds. The Balaban J connectivity index is 1.73. The number of para-hydroxylation sites is 1. The summed E-state index contributed by atoms with van der Waals surface area (Å²) in [5.74, 6) is 2.93. The van der Waals surface area contributed by atoms with Crippen molar-refractivity contribution >= 4 is 12.2 Å². The van der Waals surface area contributed by atoms with Gasteiger partial charge in [-0.25, -0.2) is 15.0 Å². The number of rotatable bonds is 6. The first-order chi connectivity index (χ1) is 12.6. The van der Waals surface area contributed by atoms with Crippen LogP contribution in [-0.4, -0.2) is 15.0 Å². The highest BCUT2D eigenvalue weighted by molar-refractivity contribution is 5.70. The summed E-state index contributed by atoms with van der Waals surface area (Å²) in [6, 6.07) is 16.5. The standard InChI is InChI=1S/C22H23N3O/c1-4-18-9-11-19(12-10-18)15-26-21-8-6-5-7-20(21)13-14-22-24-16(2)23-17(3)25-22/h5-14H,4,15H2,1-3H3/b14-13+. The van der Waals surface area contributed by atoms with Crippen molar-refractivity contribution in [2.45, 2.75) is 33.8 Å². The number of nitrogens with zero attached hydrogens (tertiary/aromatic N) is 3. The van der Waals surface area contributed by atoms with Crippen LogP contribution in [0.2, 0.25) is 0 Å². The molecule has 0 aliphatic carbocycles. The average molecular weight is 345 g/mol. The number of aryl methyl sites for hydroxylation is 3. The molecule has 1 aromatic heterocycles. The van der Waals surface area contributed by atoms with Gasteiger partial charge in [0.1, 0.15) is 24.0 Å². The smallest absolute Gasteiger partial charge is 0.156 e. The number of benzene rings is 2. The van der Waals surface area contributed by atoms with Crippen molar-refractivity contribution in [2.24, 2.45) is 0 Å². The Bertz CT molecular complexity index is 881. The fourth-order valence-corrected chi connectivity index (χ4v) is 2.66. The van der Waals surface area contributed by atoms with E-state index in [9.17, 15) is 0 Å². The lowest BCUT2D eigenvalue weighted by atomic mass is 10.1. The van der Waals surface area contributed by atoms with E-state index in [0.29, 0.717) is 12.4 Å². The third-order valence-corrected chi connectivity index (χ3v) is 4.03. The van der Waals surface area contributed by atoms with E-state index >= 15 is 0 Å². The van der Waals surface area contributed by atoms with Gasteiger partial charge in [-0.15, -0.1) is 0 Å². The molecule has 3 aromatic rings. The largest absolute Gasteiger partial charge is 0.488 e. The van der Waals surface area contributed by atoms with Crippen LogP contribution in [0.4, 0.5) is 0 Å². The molecule has 0 N–H and O–H groups in total.